The molecule has 1 atom stereocenters. The molecule has 0 aliphatic rings. The molecule has 0 aliphatic heterocycles. The van der Waals surface area contributed by atoms with Crippen LogP contribution in [0.5, 0.6) is 0 Å². The minimum atomic E-state index is -0.490. The largest absolute Gasteiger partial charge is 0.273 e. The normalized spacial score (nSPS) is 11.5. The Kier molecular flexibility index (Phi) is 5.25. The van der Waals surface area contributed by atoms with E-state index >= 15 is 0 Å². The summed E-state index contributed by atoms with van der Waals surface area (Å²) in [5.41, 5.74) is 5.91. The molecular formula is C17H17FN2O2. The Bertz CT molecular complexity index is 641. The Labute approximate surface area is 128 Å². The van der Waals surface area contributed by atoms with E-state index < -0.39 is 11.7 Å². The summed E-state index contributed by atoms with van der Waals surface area (Å²) in [4.78, 5) is 24.0. The molecule has 114 valence electrons. The van der Waals surface area contributed by atoms with E-state index in [1.54, 1.807) is 0 Å². The van der Waals surface area contributed by atoms with Gasteiger partial charge in [0.15, 0.2) is 0 Å². The second-order valence-corrected chi connectivity index (χ2v) is 4.82. The lowest BCUT2D eigenvalue weighted by molar-refractivity contribution is -0.123. The molecule has 0 radical (unpaired) electrons. The Morgan fingerprint density at radius 1 is 1.00 bits per heavy atom. The third-order valence-electron chi connectivity index (χ3n) is 3.33. The topological polar surface area (TPSA) is 58.2 Å². The smallest absolute Gasteiger partial charge is 0.269 e. The predicted molar refractivity (Wildman–Crippen MR) is 81.5 cm³/mol. The van der Waals surface area contributed by atoms with Crippen LogP contribution in [0.15, 0.2) is 54.6 Å². The monoisotopic (exact) mass is 300 g/mol. The zero-order chi connectivity index (χ0) is 15.9. The van der Waals surface area contributed by atoms with Crippen molar-refractivity contribution in [1.29, 1.82) is 0 Å². The molecule has 2 aromatic carbocycles. The molecule has 2 aromatic rings. The Morgan fingerprint density at radius 2 is 1.64 bits per heavy atom. The Balaban J connectivity index is 1.96. The molecule has 0 fully saturated rings. The minimum Gasteiger partial charge on any atom is -0.273 e. The van der Waals surface area contributed by atoms with Gasteiger partial charge in [0.05, 0.1) is 5.92 Å². The highest BCUT2D eigenvalue weighted by atomic mass is 19.1. The van der Waals surface area contributed by atoms with Crippen molar-refractivity contribution in [3.05, 3.63) is 71.5 Å². The summed E-state index contributed by atoms with van der Waals surface area (Å²) >= 11 is 0. The van der Waals surface area contributed by atoms with Crippen molar-refractivity contribution in [1.82, 2.24) is 10.9 Å². The van der Waals surface area contributed by atoms with Gasteiger partial charge >= 0.3 is 0 Å². The number of benzene rings is 2. The molecule has 0 bridgehead atoms. The van der Waals surface area contributed by atoms with Gasteiger partial charge in [-0.25, -0.2) is 4.39 Å². The molecule has 0 heterocycles. The molecule has 1 unspecified atom stereocenters. The van der Waals surface area contributed by atoms with E-state index in [4.69, 9.17) is 0 Å². The first-order valence-corrected chi connectivity index (χ1v) is 7.02. The van der Waals surface area contributed by atoms with Gasteiger partial charge in [0.1, 0.15) is 5.82 Å². The first-order chi connectivity index (χ1) is 10.6. The second-order valence-electron chi connectivity index (χ2n) is 4.82. The summed E-state index contributed by atoms with van der Waals surface area (Å²) in [7, 11) is 0. The minimum absolute atomic E-state index is 0.273. The second kappa shape index (κ2) is 7.36. The number of carbonyl (C=O) groups excluding carboxylic acids is 2. The van der Waals surface area contributed by atoms with Gasteiger partial charge in [-0.2, -0.15) is 0 Å². The van der Waals surface area contributed by atoms with Crippen LogP contribution in [-0.4, -0.2) is 11.8 Å². The van der Waals surface area contributed by atoms with E-state index in [9.17, 15) is 14.0 Å². The third-order valence-corrected chi connectivity index (χ3v) is 3.33. The predicted octanol–water partition coefficient (Wildman–Crippen LogP) is 2.78. The lowest BCUT2D eigenvalue weighted by Gasteiger charge is -2.15. The van der Waals surface area contributed by atoms with Crippen molar-refractivity contribution >= 4 is 11.8 Å². The van der Waals surface area contributed by atoms with Crippen molar-refractivity contribution < 1.29 is 14.0 Å². The molecule has 0 aliphatic carbocycles. The van der Waals surface area contributed by atoms with E-state index in [0.717, 1.165) is 5.56 Å². The van der Waals surface area contributed by atoms with Crippen LogP contribution >= 0.6 is 0 Å². The summed E-state index contributed by atoms with van der Waals surface area (Å²) in [6.07, 6.45) is 0.613. The van der Waals surface area contributed by atoms with Crippen LogP contribution in [0.2, 0.25) is 0 Å². The number of amides is 2. The van der Waals surface area contributed by atoms with Crippen molar-refractivity contribution in [2.75, 3.05) is 0 Å². The average Bonchev–Trinajstić information content (AvgIpc) is 2.55. The van der Waals surface area contributed by atoms with Crippen molar-refractivity contribution in [3.63, 3.8) is 0 Å². The molecule has 4 nitrogen and oxygen atoms in total. The number of halogens is 1. The lowest BCUT2D eigenvalue weighted by Crippen LogP contribution is -2.43. The molecule has 2 rings (SSSR count). The van der Waals surface area contributed by atoms with E-state index in [0.29, 0.717) is 6.42 Å². The van der Waals surface area contributed by atoms with Crippen molar-refractivity contribution in [2.24, 2.45) is 0 Å². The fourth-order valence-electron chi connectivity index (χ4n) is 2.14. The SMILES string of the molecule is CCC(C(=O)NNC(=O)c1ccc(F)cc1)c1ccccc1. The zero-order valence-corrected chi connectivity index (χ0v) is 12.2. The number of hydrogen-bond acceptors (Lipinski definition) is 2. The molecule has 0 saturated heterocycles. The summed E-state index contributed by atoms with van der Waals surface area (Å²) in [5.74, 6) is -1.54. The molecule has 2 N–H and O–H groups in total. The number of hydrogen-bond donors (Lipinski definition) is 2. The fraction of sp³-hybridized carbons (Fsp3) is 0.176. The maximum Gasteiger partial charge on any atom is 0.269 e. The summed E-state index contributed by atoms with van der Waals surface area (Å²) in [6, 6.07) is 14.4. The molecule has 5 heteroatoms. The molecule has 2 amide bonds. The van der Waals surface area contributed by atoms with Crippen LogP contribution in [0.1, 0.15) is 35.2 Å². The van der Waals surface area contributed by atoms with E-state index in [1.807, 2.05) is 37.3 Å². The summed E-state index contributed by atoms with van der Waals surface area (Å²) < 4.78 is 12.8. The number of nitrogens with one attached hydrogen (secondary N) is 2. The highest BCUT2D eigenvalue weighted by Gasteiger charge is 2.19. The van der Waals surface area contributed by atoms with Gasteiger partial charge in [0.25, 0.3) is 5.91 Å². The van der Waals surface area contributed by atoms with Gasteiger partial charge in [-0.3, -0.25) is 20.4 Å². The maximum atomic E-state index is 12.8. The lowest BCUT2D eigenvalue weighted by atomic mass is 9.96. The van der Waals surface area contributed by atoms with E-state index in [1.165, 1.54) is 24.3 Å². The molecular weight excluding hydrogens is 283 g/mol. The van der Waals surface area contributed by atoms with Crippen LogP contribution in [0, 0.1) is 5.82 Å². The Hall–Kier alpha value is -2.69. The van der Waals surface area contributed by atoms with E-state index in [-0.39, 0.29) is 17.4 Å². The quantitative estimate of drug-likeness (QED) is 0.853. The van der Waals surface area contributed by atoms with Gasteiger partial charge in [-0.1, -0.05) is 37.3 Å². The molecule has 22 heavy (non-hydrogen) atoms. The zero-order valence-electron chi connectivity index (χ0n) is 12.2. The number of hydrazine groups is 1. The molecule has 0 saturated carbocycles. The summed E-state index contributed by atoms with van der Waals surface area (Å²) in [6.45, 7) is 1.90. The highest BCUT2D eigenvalue weighted by Crippen LogP contribution is 2.18. The van der Waals surface area contributed by atoms with Crippen LogP contribution in [0.25, 0.3) is 0 Å². The molecule has 0 aromatic heterocycles. The van der Waals surface area contributed by atoms with Crippen molar-refractivity contribution in [3.8, 4) is 0 Å². The standard InChI is InChI=1S/C17H17FN2O2/c1-2-15(12-6-4-3-5-7-12)17(22)20-19-16(21)13-8-10-14(18)11-9-13/h3-11,15H,2H2,1H3,(H,19,21)(H,20,22). The van der Waals surface area contributed by atoms with Crippen molar-refractivity contribution in [2.45, 2.75) is 19.3 Å². The summed E-state index contributed by atoms with van der Waals surface area (Å²) in [5, 5.41) is 0. The first kappa shape index (κ1) is 15.7. The van der Waals surface area contributed by atoms with Gasteiger partial charge in [-0.15, -0.1) is 0 Å². The van der Waals surface area contributed by atoms with Gasteiger partial charge < -0.3 is 0 Å². The van der Waals surface area contributed by atoms with Crippen LogP contribution in [0.3, 0.4) is 0 Å². The first-order valence-electron chi connectivity index (χ1n) is 7.02. The fourth-order valence-corrected chi connectivity index (χ4v) is 2.14. The molecule has 0 spiro atoms. The van der Waals surface area contributed by atoms with Gasteiger partial charge in [0, 0.05) is 5.56 Å². The van der Waals surface area contributed by atoms with Gasteiger partial charge in [-0.05, 0) is 36.2 Å². The van der Waals surface area contributed by atoms with Crippen LogP contribution in [0.4, 0.5) is 4.39 Å². The Morgan fingerprint density at radius 3 is 2.23 bits per heavy atom. The highest BCUT2D eigenvalue weighted by molar-refractivity contribution is 5.96. The maximum absolute atomic E-state index is 12.8. The van der Waals surface area contributed by atoms with Crippen LogP contribution < -0.4 is 10.9 Å². The van der Waals surface area contributed by atoms with Gasteiger partial charge in [0.2, 0.25) is 5.91 Å². The third kappa shape index (κ3) is 3.91. The van der Waals surface area contributed by atoms with Crippen LogP contribution in [-0.2, 0) is 4.79 Å². The number of carbonyl (C=O) groups is 2. The average molecular weight is 300 g/mol. The van der Waals surface area contributed by atoms with E-state index in [2.05, 4.69) is 10.9 Å². The number of rotatable bonds is 4.